The Hall–Kier alpha value is -0.990. The van der Waals surface area contributed by atoms with Crippen LogP contribution in [0.2, 0.25) is 0 Å². The van der Waals surface area contributed by atoms with Gasteiger partial charge in [0.05, 0.1) is 0 Å². The molecule has 0 aliphatic heterocycles. The van der Waals surface area contributed by atoms with Crippen LogP contribution >= 0.6 is 0 Å². The van der Waals surface area contributed by atoms with E-state index in [9.17, 15) is 4.79 Å². The smallest absolute Gasteiger partial charge is 0.310 e. The number of imidazole rings is 1. The summed E-state index contributed by atoms with van der Waals surface area (Å²) in [5, 5.41) is 0. The maximum Gasteiger partial charge on any atom is 0.323 e. The van der Waals surface area contributed by atoms with E-state index in [-0.39, 0.29) is 5.69 Å². The van der Waals surface area contributed by atoms with Crippen LogP contribution in [-0.4, -0.2) is 9.97 Å². The number of rotatable bonds is 1. The van der Waals surface area contributed by atoms with Gasteiger partial charge in [-0.25, -0.2) is 4.79 Å². The Labute approximate surface area is 71.2 Å². The maximum atomic E-state index is 10.9. The second-order valence-corrected chi connectivity index (χ2v) is 3.55. The first-order chi connectivity index (χ1) is 5.79. The predicted octanol–water partition coefficient (Wildman–Crippen LogP) is 1.22. The third-order valence-electron chi connectivity index (χ3n) is 2.77. The first-order valence-electron chi connectivity index (χ1n) is 4.59. The lowest BCUT2D eigenvalue weighted by Crippen LogP contribution is -2.13. The summed E-state index contributed by atoms with van der Waals surface area (Å²) in [6.45, 7) is 2.21. The van der Waals surface area contributed by atoms with Gasteiger partial charge in [0.2, 0.25) is 0 Å². The summed E-state index contributed by atoms with van der Waals surface area (Å²) in [6, 6.07) is 0. The summed E-state index contributed by atoms with van der Waals surface area (Å²) in [4.78, 5) is 16.6. The largest absolute Gasteiger partial charge is 0.323 e. The second-order valence-electron chi connectivity index (χ2n) is 3.55. The first kappa shape index (κ1) is 7.65. The molecule has 2 N–H and O–H groups in total. The molecule has 3 heteroatoms. The van der Waals surface area contributed by atoms with Crippen LogP contribution in [0.4, 0.5) is 0 Å². The Morgan fingerprint density at radius 1 is 1.42 bits per heavy atom. The van der Waals surface area contributed by atoms with Crippen molar-refractivity contribution in [1.29, 1.82) is 0 Å². The van der Waals surface area contributed by atoms with E-state index in [1.165, 1.54) is 12.8 Å². The maximum absolute atomic E-state index is 10.9. The van der Waals surface area contributed by atoms with E-state index in [0.717, 1.165) is 30.1 Å². The lowest BCUT2D eigenvalue weighted by atomic mass is 9.88. The van der Waals surface area contributed by atoms with Crippen LogP contribution in [0.1, 0.15) is 31.2 Å². The molecule has 2 rings (SSSR count). The van der Waals surface area contributed by atoms with Crippen molar-refractivity contribution >= 4 is 0 Å². The Kier molecular flexibility index (Phi) is 1.79. The van der Waals surface area contributed by atoms with Gasteiger partial charge in [0, 0.05) is 11.4 Å². The molecule has 1 unspecified atom stereocenters. The van der Waals surface area contributed by atoms with E-state index in [1.54, 1.807) is 0 Å². The first-order valence-corrected chi connectivity index (χ1v) is 4.59. The normalized spacial score (nSPS) is 22.2. The van der Waals surface area contributed by atoms with Gasteiger partial charge in [-0.2, -0.15) is 0 Å². The van der Waals surface area contributed by atoms with Gasteiger partial charge in [0.1, 0.15) is 0 Å². The van der Waals surface area contributed by atoms with Crippen molar-refractivity contribution in [1.82, 2.24) is 9.97 Å². The van der Waals surface area contributed by atoms with Crippen molar-refractivity contribution in [3.63, 3.8) is 0 Å². The van der Waals surface area contributed by atoms with E-state index >= 15 is 0 Å². The van der Waals surface area contributed by atoms with E-state index in [0.29, 0.717) is 0 Å². The lowest BCUT2D eigenvalue weighted by Gasteiger charge is -2.19. The second kappa shape index (κ2) is 2.81. The SMILES string of the molecule is CCC1CCc2[nH]c(=O)[nH]c2C1. The van der Waals surface area contributed by atoms with Gasteiger partial charge in [-0.3, -0.25) is 0 Å². The number of hydrogen-bond acceptors (Lipinski definition) is 1. The van der Waals surface area contributed by atoms with Crippen molar-refractivity contribution < 1.29 is 0 Å². The molecule has 3 nitrogen and oxygen atoms in total. The molecule has 0 bridgehead atoms. The highest BCUT2D eigenvalue weighted by molar-refractivity contribution is 5.15. The molecule has 0 radical (unpaired) electrons. The summed E-state index contributed by atoms with van der Waals surface area (Å²) in [5.41, 5.74) is 2.22. The summed E-state index contributed by atoms with van der Waals surface area (Å²) in [6.07, 6.45) is 4.51. The van der Waals surface area contributed by atoms with Crippen LogP contribution in [0.5, 0.6) is 0 Å². The molecule has 1 aliphatic carbocycles. The Morgan fingerprint density at radius 3 is 2.92 bits per heavy atom. The molecule has 0 aromatic carbocycles. The molecule has 0 fully saturated rings. The number of hydrogen-bond donors (Lipinski definition) is 2. The average molecular weight is 166 g/mol. The summed E-state index contributed by atoms with van der Waals surface area (Å²) < 4.78 is 0. The minimum absolute atomic E-state index is 0.0447. The number of aryl methyl sites for hydroxylation is 1. The fourth-order valence-electron chi connectivity index (χ4n) is 1.93. The van der Waals surface area contributed by atoms with Crippen LogP contribution in [0.25, 0.3) is 0 Å². The third kappa shape index (κ3) is 1.19. The monoisotopic (exact) mass is 166 g/mol. The van der Waals surface area contributed by atoms with Gasteiger partial charge in [-0.15, -0.1) is 0 Å². The molecular weight excluding hydrogens is 152 g/mol. The predicted molar refractivity (Wildman–Crippen MR) is 47.2 cm³/mol. The number of H-pyrrole nitrogens is 2. The Balaban J connectivity index is 2.28. The third-order valence-corrected chi connectivity index (χ3v) is 2.77. The van der Waals surface area contributed by atoms with Crippen molar-refractivity contribution in [2.45, 2.75) is 32.6 Å². The fraction of sp³-hybridized carbons (Fsp3) is 0.667. The molecule has 0 saturated heterocycles. The number of nitrogens with one attached hydrogen (secondary N) is 2. The number of fused-ring (bicyclic) bond motifs is 1. The van der Waals surface area contributed by atoms with Crippen molar-refractivity contribution in [2.24, 2.45) is 5.92 Å². The van der Waals surface area contributed by atoms with Gasteiger partial charge in [0.25, 0.3) is 0 Å². The molecule has 66 valence electrons. The summed E-state index contributed by atoms with van der Waals surface area (Å²) in [7, 11) is 0. The molecule has 1 aliphatic rings. The van der Waals surface area contributed by atoms with Gasteiger partial charge in [0.15, 0.2) is 0 Å². The highest BCUT2D eigenvalue weighted by atomic mass is 16.1. The lowest BCUT2D eigenvalue weighted by molar-refractivity contribution is 0.438. The average Bonchev–Trinajstić information content (AvgIpc) is 2.43. The van der Waals surface area contributed by atoms with Crippen molar-refractivity contribution in [2.75, 3.05) is 0 Å². The van der Waals surface area contributed by atoms with Crippen molar-refractivity contribution in [3.05, 3.63) is 21.9 Å². The van der Waals surface area contributed by atoms with Crippen LogP contribution in [0.15, 0.2) is 4.79 Å². The molecule has 0 spiro atoms. The Bertz CT molecular complexity index is 324. The molecule has 1 atom stereocenters. The quantitative estimate of drug-likeness (QED) is 0.647. The molecule has 0 saturated carbocycles. The summed E-state index contributed by atoms with van der Waals surface area (Å²) in [5.74, 6) is 0.768. The van der Waals surface area contributed by atoms with Crippen LogP contribution < -0.4 is 5.69 Å². The molecule has 1 aromatic rings. The van der Waals surface area contributed by atoms with Crippen LogP contribution in [-0.2, 0) is 12.8 Å². The summed E-state index contributed by atoms with van der Waals surface area (Å²) >= 11 is 0. The van der Waals surface area contributed by atoms with Crippen molar-refractivity contribution in [3.8, 4) is 0 Å². The van der Waals surface area contributed by atoms with Gasteiger partial charge in [-0.1, -0.05) is 13.3 Å². The van der Waals surface area contributed by atoms with Crippen LogP contribution in [0.3, 0.4) is 0 Å². The zero-order chi connectivity index (χ0) is 8.55. The van der Waals surface area contributed by atoms with Gasteiger partial charge >= 0.3 is 5.69 Å². The van der Waals surface area contributed by atoms with Crippen LogP contribution in [0, 0.1) is 5.92 Å². The van der Waals surface area contributed by atoms with E-state index in [1.807, 2.05) is 0 Å². The molecular formula is C9H14N2O. The molecule has 0 amide bonds. The van der Waals surface area contributed by atoms with Gasteiger partial charge in [-0.05, 0) is 25.2 Å². The number of aromatic nitrogens is 2. The fourth-order valence-corrected chi connectivity index (χ4v) is 1.93. The van der Waals surface area contributed by atoms with E-state index in [2.05, 4.69) is 16.9 Å². The molecule has 12 heavy (non-hydrogen) atoms. The zero-order valence-electron chi connectivity index (χ0n) is 7.31. The van der Waals surface area contributed by atoms with E-state index < -0.39 is 0 Å². The highest BCUT2D eigenvalue weighted by Gasteiger charge is 2.18. The van der Waals surface area contributed by atoms with E-state index in [4.69, 9.17) is 0 Å². The molecule has 1 heterocycles. The highest BCUT2D eigenvalue weighted by Crippen LogP contribution is 2.23. The Morgan fingerprint density at radius 2 is 2.17 bits per heavy atom. The molecule has 1 aromatic heterocycles. The standard InChI is InChI=1S/C9H14N2O/c1-2-6-3-4-7-8(5-6)11-9(12)10-7/h6H,2-5H2,1H3,(H2,10,11,12). The minimum Gasteiger partial charge on any atom is -0.310 e. The number of aromatic amines is 2. The minimum atomic E-state index is -0.0447. The zero-order valence-corrected chi connectivity index (χ0v) is 7.31. The topological polar surface area (TPSA) is 48.6 Å². The van der Waals surface area contributed by atoms with Gasteiger partial charge < -0.3 is 9.97 Å².